The fraction of sp³-hybridized carbons (Fsp3) is 0.200. The quantitative estimate of drug-likeness (QED) is 0.574. The van der Waals surface area contributed by atoms with Crippen molar-refractivity contribution < 1.29 is 27.8 Å². The molecule has 0 aliphatic heterocycles. The van der Waals surface area contributed by atoms with E-state index in [4.69, 9.17) is 21.1 Å². The maximum Gasteiger partial charge on any atom is 0.411 e. The second-order valence-corrected chi connectivity index (χ2v) is 6.29. The molecule has 0 heterocycles. The van der Waals surface area contributed by atoms with E-state index in [1.807, 2.05) is 0 Å². The Hall–Kier alpha value is -3.13. The van der Waals surface area contributed by atoms with Crippen LogP contribution >= 0.6 is 11.6 Å². The van der Waals surface area contributed by atoms with Crippen LogP contribution < -0.4 is 15.4 Å². The van der Waals surface area contributed by atoms with Gasteiger partial charge in [-0.15, -0.1) is 0 Å². The van der Waals surface area contributed by atoms with Crippen molar-refractivity contribution in [3.05, 3.63) is 71.4 Å². The number of anilines is 1. The molecular weight excluding hydrogens is 406 g/mol. The van der Waals surface area contributed by atoms with Gasteiger partial charge in [0.2, 0.25) is 0 Å². The average molecular weight is 425 g/mol. The number of benzene rings is 2. The first-order chi connectivity index (χ1) is 13.8. The van der Waals surface area contributed by atoms with E-state index < -0.39 is 23.6 Å². The first-order valence-electron chi connectivity index (χ1n) is 8.58. The molecule has 2 aromatic rings. The standard InChI is InChI=1S/C20H19ClF2N2O4/c1-13(24-19(26)12-29-16-7-4-14(22)5-8-16)3-2-10-28-20(27)25-15-6-9-17(21)18(23)11-15/h4-9,11H,1-3,10,12H2,(H,24,26)(H,25,27). The predicted octanol–water partition coefficient (Wildman–Crippen LogP) is 4.66. The molecule has 0 aromatic heterocycles. The smallest absolute Gasteiger partial charge is 0.411 e. The molecule has 2 aromatic carbocycles. The lowest BCUT2D eigenvalue weighted by Gasteiger charge is -2.10. The lowest BCUT2D eigenvalue weighted by atomic mass is 10.2. The van der Waals surface area contributed by atoms with Crippen LogP contribution in [0.15, 0.2) is 54.7 Å². The molecule has 9 heteroatoms. The number of amides is 2. The highest BCUT2D eigenvalue weighted by Crippen LogP contribution is 2.18. The van der Waals surface area contributed by atoms with Crippen LogP contribution in [0.5, 0.6) is 5.75 Å². The summed E-state index contributed by atoms with van der Waals surface area (Å²) in [4.78, 5) is 23.4. The lowest BCUT2D eigenvalue weighted by Crippen LogP contribution is -2.28. The summed E-state index contributed by atoms with van der Waals surface area (Å²) in [5, 5.41) is 4.88. The van der Waals surface area contributed by atoms with Crippen molar-refractivity contribution in [2.45, 2.75) is 12.8 Å². The molecule has 2 rings (SSSR count). The summed E-state index contributed by atoms with van der Waals surface area (Å²) >= 11 is 5.56. The van der Waals surface area contributed by atoms with Gasteiger partial charge in [0.1, 0.15) is 17.4 Å². The van der Waals surface area contributed by atoms with Gasteiger partial charge >= 0.3 is 6.09 Å². The van der Waals surface area contributed by atoms with Crippen molar-refractivity contribution in [2.75, 3.05) is 18.5 Å². The largest absolute Gasteiger partial charge is 0.484 e. The SMILES string of the molecule is C=C(CCCOC(=O)Nc1ccc(Cl)c(F)c1)NC(=O)COc1ccc(F)cc1. The summed E-state index contributed by atoms with van der Waals surface area (Å²) in [6, 6.07) is 9.13. The molecule has 0 saturated heterocycles. The molecule has 0 aliphatic rings. The van der Waals surface area contributed by atoms with E-state index in [-0.39, 0.29) is 23.9 Å². The zero-order chi connectivity index (χ0) is 21.2. The Labute approximate surface area is 171 Å². The van der Waals surface area contributed by atoms with Crippen LogP contribution in [0.3, 0.4) is 0 Å². The molecule has 2 amide bonds. The third-order valence-corrected chi connectivity index (χ3v) is 3.83. The van der Waals surface area contributed by atoms with E-state index in [1.54, 1.807) is 0 Å². The highest BCUT2D eigenvalue weighted by Gasteiger charge is 2.08. The summed E-state index contributed by atoms with van der Waals surface area (Å²) < 4.78 is 36.3. The van der Waals surface area contributed by atoms with Gasteiger partial charge in [-0.25, -0.2) is 13.6 Å². The van der Waals surface area contributed by atoms with Crippen molar-refractivity contribution >= 4 is 29.3 Å². The topological polar surface area (TPSA) is 76.7 Å². The van der Waals surface area contributed by atoms with Crippen molar-refractivity contribution in [3.63, 3.8) is 0 Å². The van der Waals surface area contributed by atoms with Gasteiger partial charge in [0.15, 0.2) is 6.61 Å². The molecule has 154 valence electrons. The molecule has 0 aliphatic carbocycles. The number of halogens is 3. The minimum atomic E-state index is -0.742. The van der Waals surface area contributed by atoms with E-state index >= 15 is 0 Å². The van der Waals surface area contributed by atoms with Crippen molar-refractivity contribution in [1.82, 2.24) is 5.32 Å². The first kappa shape index (κ1) is 22.2. The first-order valence-corrected chi connectivity index (χ1v) is 8.96. The number of carbonyl (C=O) groups excluding carboxylic acids is 2. The van der Waals surface area contributed by atoms with E-state index in [0.717, 1.165) is 6.07 Å². The normalized spacial score (nSPS) is 10.2. The molecule has 2 N–H and O–H groups in total. The molecule has 0 radical (unpaired) electrons. The van der Waals surface area contributed by atoms with E-state index in [1.165, 1.54) is 36.4 Å². The number of hydrogen-bond acceptors (Lipinski definition) is 4. The maximum absolute atomic E-state index is 13.3. The van der Waals surface area contributed by atoms with Gasteiger partial charge in [-0.1, -0.05) is 18.2 Å². The van der Waals surface area contributed by atoms with Crippen LogP contribution in [0.1, 0.15) is 12.8 Å². The van der Waals surface area contributed by atoms with Crippen LogP contribution in [0.25, 0.3) is 0 Å². The van der Waals surface area contributed by atoms with Gasteiger partial charge in [0, 0.05) is 11.4 Å². The van der Waals surface area contributed by atoms with E-state index in [9.17, 15) is 18.4 Å². The van der Waals surface area contributed by atoms with Crippen molar-refractivity contribution in [1.29, 1.82) is 0 Å². The Bertz CT molecular complexity index is 875. The Morgan fingerprint density at radius 2 is 1.83 bits per heavy atom. The second kappa shape index (κ2) is 11.0. The summed E-state index contributed by atoms with van der Waals surface area (Å²) in [5.74, 6) is -1.10. The molecule has 0 saturated carbocycles. The number of rotatable bonds is 9. The number of hydrogen-bond donors (Lipinski definition) is 2. The highest BCUT2D eigenvalue weighted by atomic mass is 35.5. The minimum Gasteiger partial charge on any atom is -0.484 e. The van der Waals surface area contributed by atoms with E-state index in [2.05, 4.69) is 17.2 Å². The molecular formula is C20H19ClF2N2O4. The molecule has 0 fully saturated rings. The Kier molecular flexibility index (Phi) is 8.42. The number of allylic oxidation sites excluding steroid dienone is 1. The molecule has 6 nitrogen and oxygen atoms in total. The van der Waals surface area contributed by atoms with Crippen molar-refractivity contribution in [2.24, 2.45) is 0 Å². The summed E-state index contributed by atoms with van der Waals surface area (Å²) in [5.41, 5.74) is 0.649. The average Bonchev–Trinajstić information content (AvgIpc) is 2.68. The third kappa shape index (κ3) is 8.18. The Balaban J connectivity index is 1.59. The van der Waals surface area contributed by atoms with Gasteiger partial charge in [0.25, 0.3) is 5.91 Å². The maximum atomic E-state index is 13.3. The van der Waals surface area contributed by atoms with Crippen LogP contribution in [-0.4, -0.2) is 25.2 Å². The number of carbonyl (C=O) groups is 2. The summed E-state index contributed by atoms with van der Waals surface area (Å²) in [6.07, 6.45) is 0.0555. The van der Waals surface area contributed by atoms with Crippen LogP contribution in [0.4, 0.5) is 19.3 Å². The lowest BCUT2D eigenvalue weighted by molar-refractivity contribution is -0.122. The Morgan fingerprint density at radius 1 is 1.10 bits per heavy atom. The number of ether oxygens (including phenoxy) is 2. The molecule has 29 heavy (non-hydrogen) atoms. The third-order valence-electron chi connectivity index (χ3n) is 3.52. The molecule has 0 spiro atoms. The zero-order valence-electron chi connectivity index (χ0n) is 15.3. The van der Waals surface area contributed by atoms with Crippen LogP contribution in [0.2, 0.25) is 5.02 Å². The van der Waals surface area contributed by atoms with E-state index in [0.29, 0.717) is 24.3 Å². The van der Waals surface area contributed by atoms with Gasteiger partial charge < -0.3 is 14.8 Å². The number of nitrogens with one attached hydrogen (secondary N) is 2. The van der Waals surface area contributed by atoms with Gasteiger partial charge in [-0.2, -0.15) is 0 Å². The monoisotopic (exact) mass is 424 g/mol. The zero-order valence-corrected chi connectivity index (χ0v) is 16.1. The molecule has 0 atom stereocenters. The van der Waals surface area contributed by atoms with Gasteiger partial charge in [0.05, 0.1) is 11.6 Å². The summed E-state index contributed by atoms with van der Waals surface area (Å²) in [7, 11) is 0. The van der Waals surface area contributed by atoms with Crippen LogP contribution in [0, 0.1) is 11.6 Å². The van der Waals surface area contributed by atoms with Gasteiger partial charge in [-0.3, -0.25) is 10.1 Å². The molecule has 0 unspecified atom stereocenters. The summed E-state index contributed by atoms with van der Waals surface area (Å²) in [6.45, 7) is 3.54. The second-order valence-electron chi connectivity index (χ2n) is 5.89. The van der Waals surface area contributed by atoms with Crippen LogP contribution in [-0.2, 0) is 9.53 Å². The van der Waals surface area contributed by atoms with Gasteiger partial charge in [-0.05, 0) is 55.3 Å². The fourth-order valence-corrected chi connectivity index (χ4v) is 2.27. The molecule has 0 bridgehead atoms. The van der Waals surface area contributed by atoms with Crippen molar-refractivity contribution in [3.8, 4) is 5.75 Å². The highest BCUT2D eigenvalue weighted by molar-refractivity contribution is 6.30. The predicted molar refractivity (Wildman–Crippen MR) is 105 cm³/mol. The minimum absolute atomic E-state index is 0.0486. The fourth-order valence-electron chi connectivity index (χ4n) is 2.15. The Morgan fingerprint density at radius 3 is 2.52 bits per heavy atom.